The van der Waals surface area contributed by atoms with E-state index in [1.807, 2.05) is 0 Å². The van der Waals surface area contributed by atoms with Crippen LogP contribution in [0.4, 0.5) is 5.69 Å². The molecule has 0 aliphatic rings. The number of hydrogen-bond donors (Lipinski definition) is 2. The zero-order valence-corrected chi connectivity index (χ0v) is 10.9. The molecule has 0 saturated heterocycles. The lowest BCUT2D eigenvalue weighted by molar-refractivity contribution is -0.385. The lowest BCUT2D eigenvalue weighted by Gasteiger charge is -2.12. The average molecular weight is 306 g/mol. The monoisotopic (exact) mass is 306 g/mol. The molecular weight excluding hydrogens is 296 g/mol. The van der Waals surface area contributed by atoms with E-state index in [-0.39, 0.29) is 0 Å². The summed E-state index contributed by atoms with van der Waals surface area (Å²) in [7, 11) is -3.23. The number of nitrogens with two attached hydrogens (primary N) is 1. The van der Waals surface area contributed by atoms with Crippen LogP contribution in [0.3, 0.4) is 0 Å². The van der Waals surface area contributed by atoms with Crippen LogP contribution in [-0.2, 0) is 14.8 Å². The van der Waals surface area contributed by atoms with Crippen LogP contribution in [0.2, 0.25) is 0 Å². The molecule has 3 N–H and O–H groups in total. The molecular formula is C9H10N2O8S. The standard InChI is InChI=1S/C9H10N2O8S/c1-18-9-6(19-4-8(12)13)2-5(11(14)15)3-7(9)20(10,16)17/h2-3H,4H2,1H3,(H,12,13)(H2,10,16,17). The van der Waals surface area contributed by atoms with E-state index in [9.17, 15) is 23.3 Å². The molecule has 0 atom stereocenters. The summed E-state index contributed by atoms with van der Waals surface area (Å²) >= 11 is 0. The molecule has 0 fully saturated rings. The highest BCUT2D eigenvalue weighted by Gasteiger charge is 2.25. The normalized spacial score (nSPS) is 10.9. The minimum absolute atomic E-state index is 0.403. The maximum absolute atomic E-state index is 11.4. The summed E-state index contributed by atoms with van der Waals surface area (Å²) in [6.07, 6.45) is 0. The van der Waals surface area contributed by atoms with Gasteiger partial charge in [0.1, 0.15) is 4.90 Å². The number of hydrogen-bond acceptors (Lipinski definition) is 7. The number of ether oxygens (including phenoxy) is 2. The molecule has 0 amide bonds. The van der Waals surface area contributed by atoms with E-state index in [1.165, 1.54) is 0 Å². The molecule has 0 bridgehead atoms. The Labute approximate surface area is 112 Å². The molecule has 0 radical (unpaired) electrons. The Morgan fingerprint density at radius 1 is 1.50 bits per heavy atom. The lowest BCUT2D eigenvalue weighted by atomic mass is 10.3. The van der Waals surface area contributed by atoms with E-state index in [1.54, 1.807) is 0 Å². The highest BCUT2D eigenvalue weighted by atomic mass is 32.2. The molecule has 10 nitrogen and oxygen atoms in total. The average Bonchev–Trinajstić information content (AvgIpc) is 2.33. The molecule has 11 heteroatoms. The Balaban J connectivity index is 3.51. The maximum atomic E-state index is 11.4. The summed E-state index contributed by atoms with van der Waals surface area (Å²) in [5.74, 6) is -2.16. The summed E-state index contributed by atoms with van der Waals surface area (Å²) in [6, 6.07) is 1.54. The Hall–Kier alpha value is -2.40. The van der Waals surface area contributed by atoms with Crippen LogP contribution < -0.4 is 14.6 Å². The number of non-ortho nitro benzene ring substituents is 1. The maximum Gasteiger partial charge on any atom is 0.341 e. The number of nitro benzene ring substituents is 1. The van der Waals surface area contributed by atoms with Gasteiger partial charge in [-0.2, -0.15) is 0 Å². The number of benzene rings is 1. The number of carboxylic acid groups (broad SMARTS) is 1. The second-order valence-corrected chi connectivity index (χ2v) is 4.99. The van der Waals surface area contributed by atoms with Crippen molar-refractivity contribution in [2.45, 2.75) is 4.90 Å². The zero-order chi connectivity index (χ0) is 15.5. The summed E-state index contributed by atoms with van der Waals surface area (Å²) in [5.41, 5.74) is -0.629. The summed E-state index contributed by atoms with van der Waals surface area (Å²) in [4.78, 5) is 19.6. The van der Waals surface area contributed by atoms with Gasteiger partial charge in [-0.25, -0.2) is 18.4 Å². The van der Waals surface area contributed by atoms with E-state index in [0.29, 0.717) is 6.07 Å². The van der Waals surface area contributed by atoms with Gasteiger partial charge in [-0.15, -0.1) is 0 Å². The van der Waals surface area contributed by atoms with Gasteiger partial charge in [0.25, 0.3) is 5.69 Å². The van der Waals surface area contributed by atoms with Crippen molar-refractivity contribution in [3.05, 3.63) is 22.2 Å². The minimum Gasteiger partial charge on any atom is -0.492 e. The number of carboxylic acids is 1. The van der Waals surface area contributed by atoms with Crippen LogP contribution in [0.5, 0.6) is 11.5 Å². The zero-order valence-electron chi connectivity index (χ0n) is 10.1. The summed E-state index contributed by atoms with van der Waals surface area (Å²) in [6.45, 7) is -0.832. The molecule has 0 aromatic heterocycles. The molecule has 0 heterocycles. The first-order valence-corrected chi connectivity index (χ1v) is 6.45. The molecule has 0 unspecified atom stereocenters. The first kappa shape index (κ1) is 15.7. The van der Waals surface area contributed by atoms with Crippen molar-refractivity contribution in [2.75, 3.05) is 13.7 Å². The van der Waals surface area contributed by atoms with Gasteiger partial charge in [-0.3, -0.25) is 10.1 Å². The largest absolute Gasteiger partial charge is 0.492 e. The fourth-order valence-electron chi connectivity index (χ4n) is 1.33. The molecule has 0 aliphatic carbocycles. The highest BCUT2D eigenvalue weighted by Crippen LogP contribution is 2.37. The third-order valence-electron chi connectivity index (χ3n) is 2.08. The SMILES string of the molecule is COc1c(OCC(=O)O)cc([N+](=O)[O-])cc1S(N)(=O)=O. The second-order valence-electron chi connectivity index (χ2n) is 3.46. The van der Waals surface area contributed by atoms with Crippen molar-refractivity contribution in [2.24, 2.45) is 5.14 Å². The van der Waals surface area contributed by atoms with Crippen LogP contribution in [0.25, 0.3) is 0 Å². The van der Waals surface area contributed by atoms with Crippen LogP contribution >= 0.6 is 0 Å². The number of primary sulfonamides is 1. The van der Waals surface area contributed by atoms with Gasteiger partial charge in [-0.1, -0.05) is 0 Å². The van der Waals surface area contributed by atoms with Crippen LogP contribution in [-0.4, -0.2) is 38.1 Å². The predicted octanol–water partition coefficient (Wildman–Crippen LogP) is -0.286. The Morgan fingerprint density at radius 3 is 2.50 bits per heavy atom. The molecule has 0 aliphatic heterocycles. The van der Waals surface area contributed by atoms with Gasteiger partial charge < -0.3 is 14.6 Å². The lowest BCUT2D eigenvalue weighted by Crippen LogP contribution is -2.16. The van der Waals surface area contributed by atoms with Gasteiger partial charge in [0.2, 0.25) is 10.0 Å². The molecule has 0 saturated carbocycles. The molecule has 110 valence electrons. The van der Waals surface area contributed by atoms with E-state index in [0.717, 1.165) is 13.2 Å². The number of aliphatic carboxylic acids is 1. The number of nitrogens with zero attached hydrogens (tertiary/aromatic N) is 1. The highest BCUT2D eigenvalue weighted by molar-refractivity contribution is 7.89. The molecule has 0 spiro atoms. The minimum atomic E-state index is -4.32. The fourth-order valence-corrected chi connectivity index (χ4v) is 2.05. The van der Waals surface area contributed by atoms with Crippen molar-refractivity contribution < 1.29 is 32.7 Å². The predicted molar refractivity (Wildman–Crippen MR) is 64.2 cm³/mol. The molecule has 1 aromatic carbocycles. The Bertz CT molecular complexity index is 654. The summed E-state index contributed by atoms with van der Waals surface area (Å²) < 4.78 is 32.3. The van der Waals surface area contributed by atoms with Crippen molar-refractivity contribution in [1.29, 1.82) is 0 Å². The molecule has 20 heavy (non-hydrogen) atoms. The van der Waals surface area contributed by atoms with Gasteiger partial charge in [-0.05, 0) is 0 Å². The first-order chi connectivity index (χ1) is 9.16. The van der Waals surface area contributed by atoms with Crippen LogP contribution in [0.15, 0.2) is 17.0 Å². The van der Waals surface area contributed by atoms with Gasteiger partial charge in [0.05, 0.1) is 18.1 Å². The molecule has 1 aromatic rings. The van der Waals surface area contributed by atoms with Gasteiger partial charge in [0.15, 0.2) is 18.1 Å². The Morgan fingerprint density at radius 2 is 2.10 bits per heavy atom. The van der Waals surface area contributed by atoms with E-state index in [2.05, 4.69) is 0 Å². The number of carbonyl (C=O) groups is 1. The van der Waals surface area contributed by atoms with Crippen molar-refractivity contribution in [3.8, 4) is 11.5 Å². The van der Waals surface area contributed by atoms with Gasteiger partial charge >= 0.3 is 5.97 Å². The topological polar surface area (TPSA) is 159 Å². The quantitative estimate of drug-likeness (QED) is 0.535. The van der Waals surface area contributed by atoms with E-state index < -0.39 is 49.6 Å². The number of rotatable bonds is 6. The van der Waals surface area contributed by atoms with Crippen LogP contribution in [0, 0.1) is 10.1 Å². The fraction of sp³-hybridized carbons (Fsp3) is 0.222. The number of nitro groups is 1. The first-order valence-electron chi connectivity index (χ1n) is 4.90. The van der Waals surface area contributed by atoms with Crippen LogP contribution in [0.1, 0.15) is 0 Å². The summed E-state index contributed by atoms with van der Waals surface area (Å²) in [5, 5.41) is 24.2. The Kier molecular flexibility index (Phi) is 4.47. The van der Waals surface area contributed by atoms with Crippen molar-refractivity contribution in [1.82, 2.24) is 0 Å². The number of methoxy groups -OCH3 is 1. The van der Waals surface area contributed by atoms with Crippen molar-refractivity contribution in [3.63, 3.8) is 0 Å². The van der Waals surface area contributed by atoms with Crippen molar-refractivity contribution >= 4 is 21.7 Å². The van der Waals surface area contributed by atoms with E-state index >= 15 is 0 Å². The van der Waals surface area contributed by atoms with Gasteiger partial charge in [0, 0.05) is 6.07 Å². The number of sulfonamides is 1. The molecule has 1 rings (SSSR count). The van der Waals surface area contributed by atoms with E-state index in [4.69, 9.17) is 19.7 Å². The third kappa shape index (κ3) is 3.55. The smallest absolute Gasteiger partial charge is 0.341 e. The third-order valence-corrected chi connectivity index (χ3v) is 2.99. The second kappa shape index (κ2) is 5.71.